The van der Waals surface area contributed by atoms with E-state index in [0.29, 0.717) is 12.1 Å². The molecule has 4 heteroatoms. The van der Waals surface area contributed by atoms with Crippen molar-refractivity contribution >= 4 is 16.5 Å². The monoisotopic (exact) mass is 309 g/mol. The van der Waals surface area contributed by atoms with Gasteiger partial charge in [0.2, 0.25) is 0 Å². The second-order valence-electron chi connectivity index (χ2n) is 6.70. The van der Waals surface area contributed by atoms with Crippen molar-refractivity contribution in [2.45, 2.75) is 78.4 Å². The van der Waals surface area contributed by atoms with Crippen molar-refractivity contribution in [2.75, 3.05) is 11.9 Å². The summed E-state index contributed by atoms with van der Waals surface area (Å²) in [6, 6.07) is 1.19. The molecule has 2 rings (SSSR count). The quantitative estimate of drug-likeness (QED) is 0.853. The molecule has 0 radical (unpaired) electrons. The van der Waals surface area contributed by atoms with Gasteiger partial charge in [0.05, 0.1) is 5.69 Å². The number of aryl methyl sites for hydroxylation is 1. The number of nitrogens with one attached hydrogen (secondary N) is 1. The van der Waals surface area contributed by atoms with E-state index in [9.17, 15) is 0 Å². The van der Waals surface area contributed by atoms with Gasteiger partial charge in [-0.25, -0.2) is 4.98 Å². The lowest BCUT2D eigenvalue weighted by atomic mass is 9.85. The lowest BCUT2D eigenvalue weighted by Gasteiger charge is -2.36. The van der Waals surface area contributed by atoms with Crippen molar-refractivity contribution in [3.05, 3.63) is 10.6 Å². The van der Waals surface area contributed by atoms with E-state index in [0.717, 1.165) is 18.9 Å². The Kier molecular flexibility index (Phi) is 6.06. The van der Waals surface area contributed by atoms with Gasteiger partial charge in [0.25, 0.3) is 0 Å². The number of aromatic nitrogens is 1. The first-order valence-corrected chi connectivity index (χ1v) is 9.29. The summed E-state index contributed by atoms with van der Waals surface area (Å²) in [4.78, 5) is 8.78. The van der Waals surface area contributed by atoms with Gasteiger partial charge < -0.3 is 10.2 Å². The van der Waals surface area contributed by atoms with E-state index >= 15 is 0 Å². The van der Waals surface area contributed by atoms with Crippen molar-refractivity contribution in [1.29, 1.82) is 0 Å². The third kappa shape index (κ3) is 4.19. The van der Waals surface area contributed by atoms with Gasteiger partial charge >= 0.3 is 0 Å². The van der Waals surface area contributed by atoms with E-state index < -0.39 is 0 Å². The van der Waals surface area contributed by atoms with E-state index in [1.807, 2.05) is 11.3 Å². The molecule has 120 valence electrons. The average Bonchev–Trinajstić information content (AvgIpc) is 2.88. The van der Waals surface area contributed by atoms with E-state index in [1.54, 1.807) is 0 Å². The molecule has 2 atom stereocenters. The Morgan fingerprint density at radius 3 is 2.67 bits per heavy atom. The Morgan fingerprint density at radius 2 is 2.05 bits per heavy atom. The van der Waals surface area contributed by atoms with Crippen LogP contribution in [0.15, 0.2) is 0 Å². The largest absolute Gasteiger partial charge is 0.348 e. The van der Waals surface area contributed by atoms with Crippen LogP contribution in [-0.4, -0.2) is 24.1 Å². The van der Waals surface area contributed by atoms with Crippen LogP contribution in [0.5, 0.6) is 0 Å². The maximum absolute atomic E-state index is 4.92. The Balaban J connectivity index is 2.11. The standard InChI is InChI=1S/C17H31N3S/c1-6-14-16(11-18-12(2)3)21-17(19-14)20(5)15-10-8-7-9-13(15)4/h12-13,15,18H,6-11H2,1-5H3. The number of rotatable bonds is 6. The number of nitrogens with zero attached hydrogens (tertiary/aromatic N) is 2. The smallest absolute Gasteiger partial charge is 0.185 e. The second kappa shape index (κ2) is 7.59. The third-order valence-corrected chi connectivity index (χ3v) is 5.83. The molecule has 1 aliphatic carbocycles. The zero-order chi connectivity index (χ0) is 15.4. The highest BCUT2D eigenvalue weighted by atomic mass is 32.1. The molecule has 0 bridgehead atoms. The molecule has 0 amide bonds. The molecular weight excluding hydrogens is 278 g/mol. The van der Waals surface area contributed by atoms with Crippen LogP contribution in [0.1, 0.15) is 63.9 Å². The lowest BCUT2D eigenvalue weighted by molar-refractivity contribution is 0.321. The summed E-state index contributed by atoms with van der Waals surface area (Å²) in [6.07, 6.45) is 6.47. The van der Waals surface area contributed by atoms with E-state index in [1.165, 1.54) is 41.4 Å². The Labute approximate surface area is 134 Å². The minimum absolute atomic E-state index is 0.524. The summed E-state index contributed by atoms with van der Waals surface area (Å²) >= 11 is 1.88. The fourth-order valence-electron chi connectivity index (χ4n) is 3.25. The van der Waals surface area contributed by atoms with Crippen LogP contribution in [0.3, 0.4) is 0 Å². The van der Waals surface area contributed by atoms with Crippen LogP contribution < -0.4 is 10.2 Å². The average molecular weight is 310 g/mol. The van der Waals surface area contributed by atoms with Crippen LogP contribution >= 0.6 is 11.3 Å². The highest BCUT2D eigenvalue weighted by Crippen LogP contribution is 2.33. The van der Waals surface area contributed by atoms with E-state index in [2.05, 4.69) is 45.0 Å². The number of anilines is 1. The normalized spacial score (nSPS) is 22.8. The van der Waals surface area contributed by atoms with Gasteiger partial charge in [0, 0.05) is 30.6 Å². The number of thiazole rings is 1. The summed E-state index contributed by atoms with van der Waals surface area (Å²) in [5, 5.41) is 4.74. The third-order valence-electron chi connectivity index (χ3n) is 4.64. The van der Waals surface area contributed by atoms with Gasteiger partial charge in [0.1, 0.15) is 0 Å². The lowest BCUT2D eigenvalue weighted by Crippen LogP contribution is -2.38. The molecule has 0 aliphatic heterocycles. The molecule has 1 aromatic heterocycles. The Morgan fingerprint density at radius 1 is 1.33 bits per heavy atom. The predicted molar refractivity (Wildman–Crippen MR) is 93.3 cm³/mol. The summed E-state index contributed by atoms with van der Waals surface area (Å²) in [6.45, 7) is 9.95. The minimum Gasteiger partial charge on any atom is -0.348 e. The highest BCUT2D eigenvalue weighted by molar-refractivity contribution is 7.15. The topological polar surface area (TPSA) is 28.2 Å². The van der Waals surface area contributed by atoms with Crippen molar-refractivity contribution in [2.24, 2.45) is 5.92 Å². The van der Waals surface area contributed by atoms with Crippen LogP contribution in [0.2, 0.25) is 0 Å². The van der Waals surface area contributed by atoms with Crippen molar-refractivity contribution in [1.82, 2.24) is 10.3 Å². The van der Waals surface area contributed by atoms with Gasteiger partial charge in [0.15, 0.2) is 5.13 Å². The summed E-state index contributed by atoms with van der Waals surface area (Å²) in [5.41, 5.74) is 1.28. The van der Waals surface area contributed by atoms with Gasteiger partial charge in [-0.1, -0.05) is 40.5 Å². The summed E-state index contributed by atoms with van der Waals surface area (Å²) in [7, 11) is 2.24. The van der Waals surface area contributed by atoms with E-state index in [-0.39, 0.29) is 0 Å². The van der Waals surface area contributed by atoms with Crippen LogP contribution in [0, 0.1) is 5.92 Å². The van der Waals surface area contributed by atoms with Crippen molar-refractivity contribution in [3.8, 4) is 0 Å². The molecular formula is C17H31N3S. The van der Waals surface area contributed by atoms with Crippen LogP contribution in [-0.2, 0) is 13.0 Å². The van der Waals surface area contributed by atoms with E-state index in [4.69, 9.17) is 4.98 Å². The fraction of sp³-hybridized carbons (Fsp3) is 0.824. The van der Waals surface area contributed by atoms with Crippen LogP contribution in [0.25, 0.3) is 0 Å². The molecule has 1 aromatic rings. The molecule has 0 saturated heterocycles. The molecule has 1 N–H and O–H groups in total. The maximum Gasteiger partial charge on any atom is 0.185 e. The maximum atomic E-state index is 4.92. The predicted octanol–water partition coefficient (Wildman–Crippen LogP) is 4.22. The molecule has 1 fully saturated rings. The Bertz CT molecular complexity index is 441. The molecule has 1 heterocycles. The second-order valence-corrected chi connectivity index (χ2v) is 7.76. The van der Waals surface area contributed by atoms with Gasteiger partial charge in [-0.3, -0.25) is 0 Å². The van der Waals surface area contributed by atoms with Crippen LogP contribution in [0.4, 0.5) is 5.13 Å². The first-order valence-electron chi connectivity index (χ1n) is 8.47. The van der Waals surface area contributed by atoms with Crippen molar-refractivity contribution in [3.63, 3.8) is 0 Å². The molecule has 2 unspecified atom stereocenters. The molecule has 3 nitrogen and oxygen atoms in total. The molecule has 0 aromatic carbocycles. The SMILES string of the molecule is CCc1nc(N(C)C2CCCCC2C)sc1CNC(C)C. The number of hydrogen-bond donors (Lipinski definition) is 1. The summed E-state index contributed by atoms with van der Waals surface area (Å²) < 4.78 is 0. The minimum atomic E-state index is 0.524. The molecule has 0 spiro atoms. The first kappa shape index (κ1) is 16.8. The molecule has 1 aliphatic rings. The Hall–Kier alpha value is -0.610. The fourth-order valence-corrected chi connectivity index (χ4v) is 4.36. The summed E-state index contributed by atoms with van der Waals surface area (Å²) in [5.74, 6) is 0.787. The molecule has 21 heavy (non-hydrogen) atoms. The zero-order valence-electron chi connectivity index (χ0n) is 14.3. The zero-order valence-corrected chi connectivity index (χ0v) is 15.1. The van der Waals surface area contributed by atoms with Gasteiger partial charge in [-0.15, -0.1) is 11.3 Å². The van der Waals surface area contributed by atoms with Gasteiger partial charge in [-0.2, -0.15) is 0 Å². The highest BCUT2D eigenvalue weighted by Gasteiger charge is 2.27. The number of hydrogen-bond acceptors (Lipinski definition) is 4. The van der Waals surface area contributed by atoms with Crippen molar-refractivity contribution < 1.29 is 0 Å². The molecule has 1 saturated carbocycles. The van der Waals surface area contributed by atoms with Gasteiger partial charge in [-0.05, 0) is 25.2 Å². The first-order chi connectivity index (χ1) is 10.0.